The van der Waals surface area contributed by atoms with E-state index >= 15 is 0 Å². The number of β-amino-alcohol motifs (C(OH)–C–C–N with tert-alkyl or cyclic N) is 1. The van der Waals surface area contributed by atoms with E-state index in [-0.39, 0.29) is 5.91 Å². The van der Waals surface area contributed by atoms with Gasteiger partial charge in [0, 0.05) is 18.0 Å². The largest absolute Gasteiger partial charge is 0.388 e. The fourth-order valence-corrected chi connectivity index (χ4v) is 2.80. The van der Waals surface area contributed by atoms with Gasteiger partial charge >= 0.3 is 0 Å². The van der Waals surface area contributed by atoms with Crippen LogP contribution in [0.25, 0.3) is 0 Å². The number of carbonyl (C=O) groups is 1. The predicted octanol–water partition coefficient (Wildman–Crippen LogP) is 1.66. The smallest absolute Gasteiger partial charge is 0.227 e. The molecule has 2 heterocycles. The molecule has 3 nitrogen and oxygen atoms in total. The third-order valence-corrected chi connectivity index (χ3v) is 3.81. The number of hydrogen-bond donors (Lipinski definition) is 1. The summed E-state index contributed by atoms with van der Waals surface area (Å²) in [6, 6.07) is 3.93. The highest BCUT2D eigenvalue weighted by Crippen LogP contribution is 2.21. The van der Waals surface area contributed by atoms with Gasteiger partial charge in [-0.15, -0.1) is 11.3 Å². The van der Waals surface area contributed by atoms with Gasteiger partial charge in [0.2, 0.25) is 5.91 Å². The fraction of sp³-hybridized carbons (Fsp3) is 0.583. The maximum Gasteiger partial charge on any atom is 0.227 e. The van der Waals surface area contributed by atoms with Crippen molar-refractivity contribution in [3.05, 3.63) is 22.4 Å². The first kappa shape index (κ1) is 11.6. The van der Waals surface area contributed by atoms with E-state index in [1.807, 2.05) is 17.5 Å². The molecule has 0 saturated carbocycles. The summed E-state index contributed by atoms with van der Waals surface area (Å²) in [5.74, 6) is 0.127. The third-order valence-electron chi connectivity index (χ3n) is 2.93. The highest BCUT2D eigenvalue weighted by molar-refractivity contribution is 7.10. The molecule has 1 aromatic rings. The number of rotatable bonds is 2. The number of thiophene rings is 1. The number of nitrogens with zero attached hydrogens (tertiary/aromatic N) is 1. The van der Waals surface area contributed by atoms with E-state index < -0.39 is 5.60 Å². The lowest BCUT2D eigenvalue weighted by Crippen LogP contribution is -2.49. The maximum absolute atomic E-state index is 12.0. The van der Waals surface area contributed by atoms with Crippen molar-refractivity contribution < 1.29 is 9.90 Å². The van der Waals surface area contributed by atoms with Crippen molar-refractivity contribution >= 4 is 17.2 Å². The third kappa shape index (κ3) is 2.83. The molecule has 0 radical (unpaired) electrons. The van der Waals surface area contributed by atoms with Gasteiger partial charge in [-0.2, -0.15) is 0 Å². The van der Waals surface area contributed by atoms with Crippen LogP contribution in [0.4, 0.5) is 0 Å². The Balaban J connectivity index is 1.94. The molecule has 1 saturated heterocycles. The zero-order valence-corrected chi connectivity index (χ0v) is 10.3. The van der Waals surface area contributed by atoms with Crippen molar-refractivity contribution in [1.82, 2.24) is 4.90 Å². The Morgan fingerprint density at radius 1 is 1.69 bits per heavy atom. The Bertz CT molecular complexity index is 359. The van der Waals surface area contributed by atoms with Crippen molar-refractivity contribution in [2.75, 3.05) is 13.1 Å². The minimum atomic E-state index is -0.705. The Morgan fingerprint density at radius 3 is 3.12 bits per heavy atom. The van der Waals surface area contributed by atoms with Crippen LogP contribution in [0.2, 0.25) is 0 Å². The van der Waals surface area contributed by atoms with Gasteiger partial charge in [-0.25, -0.2) is 0 Å². The number of hydrogen-bond acceptors (Lipinski definition) is 3. The zero-order valence-electron chi connectivity index (χ0n) is 9.48. The van der Waals surface area contributed by atoms with Gasteiger partial charge in [0.25, 0.3) is 0 Å². The number of carbonyl (C=O) groups excluding carboxylic acids is 1. The predicted molar refractivity (Wildman–Crippen MR) is 64.5 cm³/mol. The lowest BCUT2D eigenvalue weighted by molar-refractivity contribution is -0.136. The van der Waals surface area contributed by atoms with Crippen LogP contribution >= 0.6 is 11.3 Å². The van der Waals surface area contributed by atoms with Gasteiger partial charge in [-0.1, -0.05) is 6.07 Å². The summed E-state index contributed by atoms with van der Waals surface area (Å²) in [7, 11) is 0. The molecule has 1 N–H and O–H groups in total. The van der Waals surface area contributed by atoms with Crippen LogP contribution < -0.4 is 0 Å². The molecule has 0 bridgehead atoms. The first-order valence-electron chi connectivity index (χ1n) is 5.59. The van der Waals surface area contributed by atoms with Gasteiger partial charge in [-0.05, 0) is 31.2 Å². The van der Waals surface area contributed by atoms with Gasteiger partial charge in [0.15, 0.2) is 0 Å². The van der Waals surface area contributed by atoms with Crippen LogP contribution in [-0.4, -0.2) is 34.6 Å². The Hall–Kier alpha value is -0.870. The second-order valence-corrected chi connectivity index (χ2v) is 5.70. The molecule has 1 aliphatic rings. The molecule has 1 amide bonds. The van der Waals surface area contributed by atoms with Crippen LogP contribution in [0.1, 0.15) is 24.6 Å². The second kappa shape index (κ2) is 4.55. The van der Waals surface area contributed by atoms with Crippen molar-refractivity contribution in [2.45, 2.75) is 31.8 Å². The molecule has 1 atom stereocenters. The molecule has 1 aliphatic heterocycles. The molecule has 0 aromatic carbocycles. The van der Waals surface area contributed by atoms with E-state index in [0.717, 1.165) is 24.3 Å². The first-order valence-corrected chi connectivity index (χ1v) is 6.47. The van der Waals surface area contributed by atoms with Crippen LogP contribution in [0, 0.1) is 0 Å². The summed E-state index contributed by atoms with van der Waals surface area (Å²) in [6.45, 7) is 3.05. The van der Waals surface area contributed by atoms with Gasteiger partial charge < -0.3 is 10.0 Å². The highest BCUT2D eigenvalue weighted by atomic mass is 32.1. The quantitative estimate of drug-likeness (QED) is 0.852. The van der Waals surface area contributed by atoms with E-state index in [1.165, 1.54) is 0 Å². The normalized spacial score (nSPS) is 25.8. The molecule has 16 heavy (non-hydrogen) atoms. The molecular formula is C12H17NO2S. The number of amides is 1. The molecule has 1 unspecified atom stereocenters. The van der Waals surface area contributed by atoms with Crippen LogP contribution in [-0.2, 0) is 11.2 Å². The average molecular weight is 239 g/mol. The highest BCUT2D eigenvalue weighted by Gasteiger charge is 2.30. The topological polar surface area (TPSA) is 40.5 Å². The van der Waals surface area contributed by atoms with E-state index in [1.54, 1.807) is 23.2 Å². The standard InChI is InChI=1S/C12H17NO2S/c1-12(15)5-3-6-13(9-12)11(14)8-10-4-2-7-16-10/h2,4,7,15H,3,5-6,8-9H2,1H3. The van der Waals surface area contributed by atoms with Gasteiger partial charge in [-0.3, -0.25) is 4.79 Å². The second-order valence-electron chi connectivity index (χ2n) is 4.67. The van der Waals surface area contributed by atoms with E-state index in [0.29, 0.717) is 13.0 Å². The Morgan fingerprint density at radius 2 is 2.50 bits per heavy atom. The summed E-state index contributed by atoms with van der Waals surface area (Å²) in [4.78, 5) is 14.8. The molecule has 1 aromatic heterocycles. The monoisotopic (exact) mass is 239 g/mol. The summed E-state index contributed by atoms with van der Waals surface area (Å²) in [6.07, 6.45) is 2.15. The molecule has 4 heteroatoms. The lowest BCUT2D eigenvalue weighted by atomic mass is 9.95. The summed E-state index contributed by atoms with van der Waals surface area (Å²) in [5.41, 5.74) is -0.705. The first-order chi connectivity index (χ1) is 7.57. The number of aliphatic hydroxyl groups is 1. The molecule has 0 spiro atoms. The Labute approximate surface area is 99.7 Å². The maximum atomic E-state index is 12.0. The van der Waals surface area contributed by atoms with Crippen molar-refractivity contribution in [2.24, 2.45) is 0 Å². The van der Waals surface area contributed by atoms with Crippen LogP contribution in [0.3, 0.4) is 0 Å². The zero-order chi connectivity index (χ0) is 11.6. The minimum Gasteiger partial charge on any atom is -0.388 e. The van der Waals surface area contributed by atoms with Crippen molar-refractivity contribution in [3.8, 4) is 0 Å². The average Bonchev–Trinajstić information content (AvgIpc) is 2.69. The van der Waals surface area contributed by atoms with E-state index in [4.69, 9.17) is 0 Å². The van der Waals surface area contributed by atoms with E-state index in [9.17, 15) is 9.90 Å². The Kier molecular flexibility index (Phi) is 3.30. The molecule has 1 fully saturated rings. The van der Waals surface area contributed by atoms with E-state index in [2.05, 4.69) is 0 Å². The summed E-state index contributed by atoms with van der Waals surface area (Å²) in [5, 5.41) is 11.9. The molecule has 2 rings (SSSR count). The van der Waals surface area contributed by atoms with Crippen molar-refractivity contribution in [3.63, 3.8) is 0 Å². The van der Waals surface area contributed by atoms with Crippen LogP contribution in [0.15, 0.2) is 17.5 Å². The molecule has 0 aliphatic carbocycles. The SMILES string of the molecule is CC1(O)CCCN(C(=O)Cc2cccs2)C1. The molecular weight excluding hydrogens is 222 g/mol. The summed E-state index contributed by atoms with van der Waals surface area (Å²) < 4.78 is 0. The molecule has 88 valence electrons. The minimum absolute atomic E-state index is 0.127. The number of piperidine rings is 1. The number of likely N-dealkylation sites (tertiary alicyclic amines) is 1. The summed E-state index contributed by atoms with van der Waals surface area (Å²) >= 11 is 1.61. The van der Waals surface area contributed by atoms with Crippen molar-refractivity contribution in [1.29, 1.82) is 0 Å². The fourth-order valence-electron chi connectivity index (χ4n) is 2.11. The van der Waals surface area contributed by atoms with Gasteiger partial charge in [0.1, 0.15) is 0 Å². The van der Waals surface area contributed by atoms with Crippen LogP contribution in [0.5, 0.6) is 0 Å². The lowest BCUT2D eigenvalue weighted by Gasteiger charge is -2.36. The van der Waals surface area contributed by atoms with Gasteiger partial charge in [0.05, 0.1) is 12.0 Å².